The maximum atomic E-state index is 12.3. The lowest BCUT2D eigenvalue weighted by atomic mass is 9.89. The quantitative estimate of drug-likeness (QED) is 0.788. The van der Waals surface area contributed by atoms with E-state index in [9.17, 15) is 4.79 Å². The van der Waals surface area contributed by atoms with Crippen molar-refractivity contribution in [3.05, 3.63) is 0 Å². The van der Waals surface area contributed by atoms with Crippen LogP contribution in [0, 0.1) is 5.92 Å². The van der Waals surface area contributed by atoms with E-state index in [1.54, 1.807) is 0 Å². The Bertz CT molecular complexity index is 338. The zero-order valence-corrected chi connectivity index (χ0v) is 13.4. The summed E-state index contributed by atoms with van der Waals surface area (Å²) in [6.45, 7) is 10.2. The topological polar surface area (TPSA) is 41.6 Å². The van der Waals surface area contributed by atoms with Gasteiger partial charge in [-0.2, -0.15) is 0 Å². The van der Waals surface area contributed by atoms with Gasteiger partial charge in [-0.15, -0.1) is 0 Å². The summed E-state index contributed by atoms with van der Waals surface area (Å²) in [5.74, 6) is 0.609. The molecule has 1 amide bonds. The van der Waals surface area contributed by atoms with Gasteiger partial charge in [0, 0.05) is 12.1 Å². The van der Waals surface area contributed by atoms with Gasteiger partial charge < -0.3 is 15.0 Å². The van der Waals surface area contributed by atoms with E-state index < -0.39 is 5.60 Å². The van der Waals surface area contributed by atoms with E-state index in [0.717, 1.165) is 32.4 Å². The summed E-state index contributed by atoms with van der Waals surface area (Å²) >= 11 is 0. The predicted octanol–water partition coefficient (Wildman–Crippen LogP) is 3.16. The number of hydrogen-bond donors (Lipinski definition) is 1. The Hall–Kier alpha value is -0.770. The number of nitrogens with one attached hydrogen (secondary N) is 1. The molecule has 2 saturated heterocycles. The molecule has 2 aliphatic rings. The highest BCUT2D eigenvalue weighted by atomic mass is 16.6. The zero-order valence-electron chi connectivity index (χ0n) is 13.4. The van der Waals surface area contributed by atoms with Crippen LogP contribution in [0.4, 0.5) is 4.79 Å². The second kappa shape index (κ2) is 6.33. The van der Waals surface area contributed by atoms with Crippen molar-refractivity contribution in [3.63, 3.8) is 0 Å². The van der Waals surface area contributed by atoms with Gasteiger partial charge >= 0.3 is 6.09 Å². The number of fused-ring (bicyclic) bond motifs is 2. The van der Waals surface area contributed by atoms with E-state index in [1.807, 2.05) is 25.7 Å². The fourth-order valence-corrected chi connectivity index (χ4v) is 3.52. The first-order chi connectivity index (χ1) is 9.42. The van der Waals surface area contributed by atoms with Crippen molar-refractivity contribution in [1.29, 1.82) is 0 Å². The van der Waals surface area contributed by atoms with E-state index in [4.69, 9.17) is 4.74 Å². The Morgan fingerprint density at radius 2 is 2.10 bits per heavy atom. The molecule has 2 heterocycles. The summed E-state index contributed by atoms with van der Waals surface area (Å²) in [7, 11) is 0. The normalized spacial score (nSPS) is 29.0. The molecule has 0 aromatic heterocycles. The molecule has 2 fully saturated rings. The largest absolute Gasteiger partial charge is 0.444 e. The van der Waals surface area contributed by atoms with Crippen molar-refractivity contribution in [1.82, 2.24) is 10.2 Å². The molecule has 0 aromatic carbocycles. The van der Waals surface area contributed by atoms with Crippen molar-refractivity contribution in [3.8, 4) is 0 Å². The minimum absolute atomic E-state index is 0.110. The molecule has 0 saturated carbocycles. The van der Waals surface area contributed by atoms with E-state index in [0.29, 0.717) is 18.0 Å². The first kappa shape index (κ1) is 15.6. The van der Waals surface area contributed by atoms with Crippen molar-refractivity contribution in [2.24, 2.45) is 5.92 Å². The van der Waals surface area contributed by atoms with Crippen LogP contribution in [0.5, 0.6) is 0 Å². The van der Waals surface area contributed by atoms with Crippen LogP contribution in [0.3, 0.4) is 0 Å². The standard InChI is InChI=1S/C16H30N2O2/c1-5-6-9-17-11-12-10-13-7-8-14(12)18(13)15(19)20-16(2,3)4/h12-14,17H,5-11H2,1-4H3. The minimum atomic E-state index is -0.395. The monoisotopic (exact) mass is 282 g/mol. The molecule has 2 bridgehead atoms. The van der Waals surface area contributed by atoms with Gasteiger partial charge in [0.1, 0.15) is 5.60 Å². The Balaban J connectivity index is 1.85. The molecule has 3 atom stereocenters. The molecule has 116 valence electrons. The number of carbonyl (C=O) groups excluding carboxylic acids is 1. The van der Waals surface area contributed by atoms with Gasteiger partial charge in [0.2, 0.25) is 0 Å². The van der Waals surface area contributed by atoms with Gasteiger partial charge in [-0.1, -0.05) is 13.3 Å². The second-order valence-electron chi connectivity index (χ2n) is 7.24. The third-order valence-corrected chi connectivity index (χ3v) is 4.38. The first-order valence-corrected chi connectivity index (χ1v) is 8.14. The van der Waals surface area contributed by atoms with Crippen LogP contribution in [0.25, 0.3) is 0 Å². The van der Waals surface area contributed by atoms with E-state index in [1.165, 1.54) is 12.8 Å². The average molecular weight is 282 g/mol. The number of ether oxygens (including phenoxy) is 1. The molecule has 4 nitrogen and oxygen atoms in total. The summed E-state index contributed by atoms with van der Waals surface area (Å²) in [6.07, 6.45) is 5.79. The van der Waals surface area contributed by atoms with Gasteiger partial charge in [-0.3, -0.25) is 0 Å². The smallest absolute Gasteiger partial charge is 0.410 e. The molecule has 0 spiro atoms. The summed E-state index contributed by atoms with van der Waals surface area (Å²) < 4.78 is 5.56. The van der Waals surface area contributed by atoms with Gasteiger partial charge in [-0.05, 0) is 65.5 Å². The van der Waals surface area contributed by atoms with Crippen LogP contribution in [-0.2, 0) is 4.74 Å². The lowest BCUT2D eigenvalue weighted by Crippen LogP contribution is -2.41. The molecule has 4 heteroatoms. The van der Waals surface area contributed by atoms with Crippen molar-refractivity contribution in [2.75, 3.05) is 13.1 Å². The van der Waals surface area contributed by atoms with Crippen LogP contribution < -0.4 is 5.32 Å². The highest BCUT2D eigenvalue weighted by Gasteiger charge is 2.49. The minimum Gasteiger partial charge on any atom is -0.444 e. The van der Waals surface area contributed by atoms with E-state index >= 15 is 0 Å². The molecule has 0 aliphatic carbocycles. The Morgan fingerprint density at radius 1 is 1.35 bits per heavy atom. The summed E-state index contributed by atoms with van der Waals surface area (Å²) in [4.78, 5) is 14.4. The highest BCUT2D eigenvalue weighted by Crippen LogP contribution is 2.42. The number of hydrogen-bond acceptors (Lipinski definition) is 3. The fraction of sp³-hybridized carbons (Fsp3) is 0.938. The van der Waals surface area contributed by atoms with Crippen molar-refractivity contribution in [2.45, 2.75) is 77.5 Å². The average Bonchev–Trinajstić information content (AvgIpc) is 2.89. The molecule has 2 aliphatic heterocycles. The first-order valence-electron chi connectivity index (χ1n) is 8.14. The Labute approximate surface area is 123 Å². The molecule has 3 unspecified atom stereocenters. The third-order valence-electron chi connectivity index (χ3n) is 4.38. The van der Waals surface area contributed by atoms with E-state index in [-0.39, 0.29) is 6.09 Å². The molecular weight excluding hydrogens is 252 g/mol. The predicted molar refractivity (Wildman–Crippen MR) is 80.8 cm³/mol. The summed E-state index contributed by atoms with van der Waals surface area (Å²) in [5, 5.41) is 3.54. The number of amides is 1. The lowest BCUT2D eigenvalue weighted by molar-refractivity contribution is 0.0205. The number of unbranched alkanes of at least 4 members (excludes halogenated alkanes) is 1. The maximum absolute atomic E-state index is 12.3. The van der Waals surface area contributed by atoms with Gasteiger partial charge in [0.15, 0.2) is 0 Å². The highest BCUT2D eigenvalue weighted by molar-refractivity contribution is 5.70. The molecule has 2 rings (SSSR count). The summed E-state index contributed by atoms with van der Waals surface area (Å²) in [5.41, 5.74) is -0.395. The molecular formula is C16H30N2O2. The number of carbonyl (C=O) groups is 1. The Morgan fingerprint density at radius 3 is 2.75 bits per heavy atom. The SMILES string of the molecule is CCCCNCC1CC2CCC1N2C(=O)OC(C)(C)C. The summed E-state index contributed by atoms with van der Waals surface area (Å²) in [6, 6.07) is 0.803. The Kier molecular flexibility index (Phi) is 4.95. The number of rotatable bonds is 5. The van der Waals surface area contributed by atoms with Crippen LogP contribution in [0.15, 0.2) is 0 Å². The molecule has 0 radical (unpaired) electrons. The van der Waals surface area contributed by atoms with Crippen molar-refractivity contribution < 1.29 is 9.53 Å². The third kappa shape index (κ3) is 3.66. The number of nitrogens with zero attached hydrogens (tertiary/aromatic N) is 1. The fourth-order valence-electron chi connectivity index (χ4n) is 3.52. The van der Waals surface area contributed by atoms with E-state index in [2.05, 4.69) is 12.2 Å². The van der Waals surface area contributed by atoms with Gasteiger partial charge in [0.25, 0.3) is 0 Å². The van der Waals surface area contributed by atoms with Crippen molar-refractivity contribution >= 4 is 6.09 Å². The van der Waals surface area contributed by atoms with Crippen LogP contribution in [-0.4, -0.2) is 41.8 Å². The molecule has 0 aromatic rings. The van der Waals surface area contributed by atoms with Gasteiger partial charge in [-0.25, -0.2) is 4.79 Å². The maximum Gasteiger partial charge on any atom is 0.410 e. The lowest BCUT2D eigenvalue weighted by Gasteiger charge is -2.28. The zero-order chi connectivity index (χ0) is 14.8. The molecule has 1 N–H and O–H groups in total. The van der Waals surface area contributed by atoms with Gasteiger partial charge in [0.05, 0.1) is 0 Å². The molecule has 20 heavy (non-hydrogen) atoms. The van der Waals surface area contributed by atoms with Crippen LogP contribution >= 0.6 is 0 Å². The second-order valence-corrected chi connectivity index (χ2v) is 7.24. The van der Waals surface area contributed by atoms with Crippen LogP contribution in [0.2, 0.25) is 0 Å². The van der Waals surface area contributed by atoms with Crippen LogP contribution in [0.1, 0.15) is 59.8 Å².